The van der Waals surface area contributed by atoms with Gasteiger partial charge < -0.3 is 15.7 Å². The predicted octanol–water partition coefficient (Wildman–Crippen LogP) is 2.27. The van der Waals surface area contributed by atoms with Gasteiger partial charge in [0.1, 0.15) is 6.04 Å². The van der Waals surface area contributed by atoms with E-state index in [1.165, 1.54) is 0 Å². The van der Waals surface area contributed by atoms with Gasteiger partial charge in [0.25, 0.3) is 5.56 Å². The quantitative estimate of drug-likeness (QED) is 0.385. The van der Waals surface area contributed by atoms with Crippen molar-refractivity contribution in [3.63, 3.8) is 0 Å². The van der Waals surface area contributed by atoms with Crippen molar-refractivity contribution in [2.24, 2.45) is 5.92 Å². The highest BCUT2D eigenvalue weighted by Gasteiger charge is 2.24. The fourth-order valence-corrected chi connectivity index (χ4v) is 3.48. The first-order chi connectivity index (χ1) is 16.2. The minimum absolute atomic E-state index is 0.00110. The van der Waals surface area contributed by atoms with Gasteiger partial charge in [-0.25, -0.2) is 10.2 Å². The Balaban J connectivity index is 1.84. The second kappa shape index (κ2) is 10.8. The molecule has 0 aliphatic heterocycles. The lowest BCUT2D eigenvalue weighted by Crippen LogP contribution is -2.49. The van der Waals surface area contributed by atoms with E-state index in [0.717, 1.165) is 4.79 Å². The van der Waals surface area contributed by atoms with Crippen molar-refractivity contribution in [2.75, 3.05) is 5.43 Å². The van der Waals surface area contributed by atoms with Crippen LogP contribution in [0.1, 0.15) is 25.1 Å². The van der Waals surface area contributed by atoms with Crippen LogP contribution in [-0.2, 0) is 22.6 Å². The Bertz CT molecular complexity index is 1270. The molecule has 0 bridgehead atoms. The third kappa shape index (κ3) is 6.10. The molecule has 178 valence electrons. The summed E-state index contributed by atoms with van der Waals surface area (Å²) in [6.07, 6.45) is -1.31. The fourth-order valence-electron chi connectivity index (χ4n) is 3.36. The number of benzene rings is 2. The first kappa shape index (κ1) is 24.7. The molecule has 0 saturated carbocycles. The van der Waals surface area contributed by atoms with Gasteiger partial charge >= 0.3 is 6.09 Å². The lowest BCUT2D eigenvalue weighted by atomic mass is 10.0. The molecule has 1 atom stereocenters. The maximum absolute atomic E-state index is 12.9. The number of amides is 3. The van der Waals surface area contributed by atoms with Crippen LogP contribution in [0.2, 0.25) is 5.02 Å². The smallest absolute Gasteiger partial charge is 0.405 e. The van der Waals surface area contributed by atoms with Gasteiger partial charge in [0.05, 0.1) is 24.0 Å². The zero-order valence-electron chi connectivity index (χ0n) is 18.5. The highest BCUT2D eigenvalue weighted by atomic mass is 35.5. The van der Waals surface area contributed by atoms with Crippen molar-refractivity contribution < 1.29 is 19.5 Å². The molecule has 0 aliphatic rings. The van der Waals surface area contributed by atoms with Crippen LogP contribution < -0.4 is 21.6 Å². The molecular weight excluding hydrogens is 462 g/mol. The molecule has 3 amide bonds. The summed E-state index contributed by atoms with van der Waals surface area (Å²) >= 11 is 5.87. The summed E-state index contributed by atoms with van der Waals surface area (Å²) in [6.45, 7) is 3.34. The Morgan fingerprint density at radius 3 is 2.32 bits per heavy atom. The Labute approximate surface area is 199 Å². The van der Waals surface area contributed by atoms with E-state index in [-0.39, 0.29) is 18.9 Å². The van der Waals surface area contributed by atoms with Crippen LogP contribution in [0.4, 0.5) is 4.79 Å². The number of nitrogens with zero attached hydrogens (tertiary/aromatic N) is 2. The lowest BCUT2D eigenvalue weighted by molar-refractivity contribution is -0.124. The lowest BCUT2D eigenvalue weighted by Gasteiger charge is -2.20. The third-order valence-corrected chi connectivity index (χ3v) is 5.30. The van der Waals surface area contributed by atoms with E-state index in [4.69, 9.17) is 16.7 Å². The molecule has 34 heavy (non-hydrogen) atoms. The number of rotatable bonds is 8. The summed E-state index contributed by atoms with van der Waals surface area (Å²) in [6, 6.07) is 12.4. The molecule has 10 nitrogen and oxygen atoms in total. The Kier molecular flexibility index (Phi) is 7.85. The Morgan fingerprint density at radius 1 is 1.06 bits per heavy atom. The van der Waals surface area contributed by atoms with Crippen LogP contribution in [0.25, 0.3) is 10.8 Å². The number of carbonyl (C=O) groups is 3. The molecule has 0 spiro atoms. The van der Waals surface area contributed by atoms with Gasteiger partial charge in [-0.15, -0.1) is 4.79 Å². The molecule has 4 N–H and O–H groups in total. The van der Waals surface area contributed by atoms with Crippen LogP contribution in [0.3, 0.4) is 0 Å². The largest absolute Gasteiger partial charge is 0.465 e. The Hall–Kier alpha value is -3.92. The zero-order chi connectivity index (χ0) is 24.8. The summed E-state index contributed by atoms with van der Waals surface area (Å²) in [5.41, 5.74) is 2.98. The van der Waals surface area contributed by atoms with Crippen LogP contribution in [0.15, 0.2) is 53.3 Å². The summed E-state index contributed by atoms with van der Waals surface area (Å²) in [4.78, 5) is 49.8. The predicted molar refractivity (Wildman–Crippen MR) is 127 cm³/mol. The maximum Gasteiger partial charge on any atom is 0.405 e. The summed E-state index contributed by atoms with van der Waals surface area (Å²) < 4.78 is 0. The van der Waals surface area contributed by atoms with E-state index in [2.05, 4.69) is 21.2 Å². The van der Waals surface area contributed by atoms with Crippen molar-refractivity contribution in [1.29, 1.82) is 0 Å². The van der Waals surface area contributed by atoms with E-state index in [0.29, 0.717) is 27.1 Å². The molecule has 2 aromatic carbocycles. The zero-order valence-corrected chi connectivity index (χ0v) is 19.3. The molecule has 0 fully saturated rings. The first-order valence-electron chi connectivity index (χ1n) is 10.5. The molecule has 3 rings (SSSR count). The maximum atomic E-state index is 12.9. The molecule has 3 aromatic rings. The van der Waals surface area contributed by atoms with Gasteiger partial charge in [-0.05, 0) is 29.7 Å². The average Bonchev–Trinajstić information content (AvgIpc) is 2.79. The van der Waals surface area contributed by atoms with E-state index >= 15 is 0 Å². The summed E-state index contributed by atoms with van der Waals surface area (Å²) in [5.74, 6) is -1.29. The number of nitrogens with one attached hydrogen (secondary N) is 3. The van der Waals surface area contributed by atoms with Crippen LogP contribution >= 0.6 is 11.6 Å². The van der Waals surface area contributed by atoms with Gasteiger partial charge in [0, 0.05) is 10.4 Å². The number of carboxylic acid groups (broad SMARTS) is 1. The van der Waals surface area contributed by atoms with E-state index in [9.17, 15) is 19.2 Å². The minimum atomic E-state index is -1.31. The van der Waals surface area contributed by atoms with Crippen molar-refractivity contribution in [2.45, 2.75) is 32.9 Å². The molecule has 1 heterocycles. The number of halogens is 1. The monoisotopic (exact) mass is 485 g/mol. The fraction of sp³-hybridized carbons (Fsp3) is 0.261. The standard InChI is InChI=1S/C23H24ClN5O5/c1-13(2)20(26-23(33)34)21(31)25-12-18-16-5-3-4-6-17(16)22(32)29(27-18)28-19(30)11-14-7-9-15(24)10-8-14/h3-10,13,20,26H,11-12H2,1-2H3,(H,25,31)(H,28,30)(H,33,34)/t20-/m0/s1. The molecular formula is C23H24ClN5O5. The van der Waals surface area contributed by atoms with E-state index < -0.39 is 29.5 Å². The van der Waals surface area contributed by atoms with Gasteiger partial charge in [-0.1, -0.05) is 55.8 Å². The molecule has 0 radical (unpaired) electrons. The van der Waals surface area contributed by atoms with Gasteiger partial charge in [0.2, 0.25) is 11.8 Å². The van der Waals surface area contributed by atoms with Gasteiger partial charge in [-0.3, -0.25) is 14.4 Å². The van der Waals surface area contributed by atoms with E-state index in [1.807, 2.05) is 0 Å². The molecule has 0 saturated heterocycles. The number of fused-ring (bicyclic) bond motifs is 1. The summed E-state index contributed by atoms with van der Waals surface area (Å²) in [7, 11) is 0. The second-order valence-electron chi connectivity index (χ2n) is 7.94. The number of hydrogen-bond donors (Lipinski definition) is 4. The highest BCUT2D eigenvalue weighted by Crippen LogP contribution is 2.14. The highest BCUT2D eigenvalue weighted by molar-refractivity contribution is 6.30. The number of aromatic nitrogens is 2. The van der Waals surface area contributed by atoms with Crippen LogP contribution in [0, 0.1) is 5.92 Å². The molecule has 1 aromatic heterocycles. The topological polar surface area (TPSA) is 142 Å². The number of carbonyl (C=O) groups excluding carboxylic acids is 2. The third-order valence-electron chi connectivity index (χ3n) is 5.05. The summed E-state index contributed by atoms with van der Waals surface area (Å²) in [5, 5.41) is 19.4. The first-order valence-corrected chi connectivity index (χ1v) is 10.9. The molecule has 0 aliphatic carbocycles. The molecule has 11 heteroatoms. The van der Waals surface area contributed by atoms with Crippen molar-refractivity contribution >= 4 is 40.3 Å². The van der Waals surface area contributed by atoms with Crippen LogP contribution in [0.5, 0.6) is 0 Å². The van der Waals surface area contributed by atoms with Crippen LogP contribution in [-0.4, -0.2) is 38.9 Å². The second-order valence-corrected chi connectivity index (χ2v) is 8.37. The average molecular weight is 486 g/mol. The van der Waals surface area contributed by atoms with Crippen molar-refractivity contribution in [3.05, 3.63) is 75.2 Å². The van der Waals surface area contributed by atoms with Gasteiger partial charge in [0.15, 0.2) is 0 Å². The number of hydrogen-bond acceptors (Lipinski definition) is 5. The Morgan fingerprint density at radius 2 is 1.71 bits per heavy atom. The SMILES string of the molecule is CC(C)[C@H](NC(=O)O)C(=O)NCc1nn(NC(=O)Cc2ccc(Cl)cc2)c(=O)c2ccccc12. The van der Waals surface area contributed by atoms with Gasteiger partial charge in [-0.2, -0.15) is 5.10 Å². The van der Waals surface area contributed by atoms with Crippen molar-refractivity contribution in [3.8, 4) is 0 Å². The normalized spacial score (nSPS) is 11.8. The van der Waals surface area contributed by atoms with E-state index in [1.54, 1.807) is 62.4 Å². The molecule has 0 unspecified atom stereocenters. The minimum Gasteiger partial charge on any atom is -0.465 e. The van der Waals surface area contributed by atoms with Crippen molar-refractivity contribution in [1.82, 2.24) is 20.5 Å².